The van der Waals surface area contributed by atoms with Crippen LogP contribution in [0.5, 0.6) is 0 Å². The van der Waals surface area contributed by atoms with Crippen molar-refractivity contribution in [1.82, 2.24) is 4.90 Å². The maximum absolute atomic E-state index is 12.2. The van der Waals surface area contributed by atoms with Crippen molar-refractivity contribution in [3.8, 4) is 0 Å². The molecule has 0 bridgehead atoms. The van der Waals surface area contributed by atoms with Crippen molar-refractivity contribution in [3.05, 3.63) is 65.7 Å². The first kappa shape index (κ1) is 18.9. The van der Waals surface area contributed by atoms with Gasteiger partial charge in [0, 0.05) is 30.8 Å². The molecule has 0 aliphatic heterocycles. The number of anilines is 1. The highest BCUT2D eigenvalue weighted by Crippen LogP contribution is 2.11. The van der Waals surface area contributed by atoms with E-state index in [0.717, 1.165) is 31.7 Å². The fourth-order valence-corrected chi connectivity index (χ4v) is 2.70. The Morgan fingerprint density at radius 2 is 1.64 bits per heavy atom. The van der Waals surface area contributed by atoms with Crippen LogP contribution < -0.4 is 5.32 Å². The molecule has 0 saturated heterocycles. The second-order valence-electron chi connectivity index (χ2n) is 6.19. The number of rotatable bonds is 9. The fraction of sp³-hybridized carbons (Fsp3) is 0.333. The summed E-state index contributed by atoms with van der Waals surface area (Å²) in [4.78, 5) is 25.8. The average Bonchev–Trinajstić information content (AvgIpc) is 2.61. The minimum Gasteiger partial charge on any atom is -0.326 e. The van der Waals surface area contributed by atoms with Crippen molar-refractivity contribution < 1.29 is 9.59 Å². The summed E-state index contributed by atoms with van der Waals surface area (Å²) >= 11 is 0. The zero-order valence-corrected chi connectivity index (χ0v) is 15.0. The third-order valence-corrected chi connectivity index (χ3v) is 4.02. The lowest BCUT2D eigenvalue weighted by Gasteiger charge is -2.21. The summed E-state index contributed by atoms with van der Waals surface area (Å²) in [6.07, 6.45) is 1.50. The molecule has 0 heterocycles. The first-order valence-corrected chi connectivity index (χ1v) is 8.75. The van der Waals surface area contributed by atoms with Crippen LogP contribution in [0.1, 0.15) is 42.6 Å². The molecule has 0 atom stereocenters. The number of hydrogen-bond acceptors (Lipinski definition) is 3. The number of nitrogens with one attached hydrogen (secondary N) is 1. The van der Waals surface area contributed by atoms with Crippen LogP contribution in [-0.2, 0) is 11.3 Å². The van der Waals surface area contributed by atoms with Crippen molar-refractivity contribution in [1.29, 1.82) is 0 Å². The monoisotopic (exact) mass is 338 g/mol. The van der Waals surface area contributed by atoms with Crippen molar-refractivity contribution in [2.45, 2.75) is 33.2 Å². The second-order valence-corrected chi connectivity index (χ2v) is 6.19. The lowest BCUT2D eigenvalue weighted by Crippen LogP contribution is -2.28. The van der Waals surface area contributed by atoms with Gasteiger partial charge in [-0.3, -0.25) is 14.5 Å². The maximum Gasteiger partial charge on any atom is 0.225 e. The molecule has 0 radical (unpaired) electrons. The maximum atomic E-state index is 12.2. The Morgan fingerprint density at radius 1 is 0.960 bits per heavy atom. The average molecular weight is 338 g/mol. The zero-order valence-electron chi connectivity index (χ0n) is 15.0. The molecule has 0 fully saturated rings. The molecular formula is C21H26N2O2. The Morgan fingerprint density at radius 3 is 2.24 bits per heavy atom. The molecule has 0 unspecified atom stereocenters. The molecule has 0 aromatic heterocycles. The number of Topliss-reactive ketones (excluding diaryl/α,β-unsaturated/α-hetero) is 1. The van der Waals surface area contributed by atoms with Gasteiger partial charge in [0.2, 0.25) is 5.91 Å². The van der Waals surface area contributed by atoms with Crippen molar-refractivity contribution in [3.63, 3.8) is 0 Å². The predicted molar refractivity (Wildman–Crippen MR) is 102 cm³/mol. The number of carbonyl (C=O) groups is 2. The summed E-state index contributed by atoms with van der Waals surface area (Å²) < 4.78 is 0. The van der Waals surface area contributed by atoms with E-state index >= 15 is 0 Å². The molecule has 2 aromatic rings. The van der Waals surface area contributed by atoms with Gasteiger partial charge in [0.15, 0.2) is 5.78 Å². The van der Waals surface area contributed by atoms with E-state index in [2.05, 4.69) is 29.3 Å². The van der Waals surface area contributed by atoms with Gasteiger partial charge in [-0.15, -0.1) is 0 Å². The van der Waals surface area contributed by atoms with Gasteiger partial charge in [-0.25, -0.2) is 0 Å². The highest BCUT2D eigenvalue weighted by atomic mass is 16.1. The van der Waals surface area contributed by atoms with Gasteiger partial charge in [0.25, 0.3) is 0 Å². The van der Waals surface area contributed by atoms with Crippen LogP contribution >= 0.6 is 0 Å². The molecule has 4 heteroatoms. The predicted octanol–water partition coefficient (Wildman–Crippen LogP) is 4.13. The number of amides is 1. The molecule has 4 nitrogen and oxygen atoms in total. The van der Waals surface area contributed by atoms with Crippen LogP contribution in [0.4, 0.5) is 5.69 Å². The highest BCUT2D eigenvalue weighted by molar-refractivity contribution is 5.95. The van der Waals surface area contributed by atoms with E-state index in [-0.39, 0.29) is 11.7 Å². The second kappa shape index (κ2) is 9.74. The Labute approximate surface area is 149 Å². The van der Waals surface area contributed by atoms with Crippen LogP contribution in [0.25, 0.3) is 0 Å². The normalized spacial score (nSPS) is 10.7. The SMILES string of the molecule is CCCN(CCC(=O)Nc1ccc(C(C)=O)cc1)Cc1ccccc1. The van der Waals surface area contributed by atoms with Gasteiger partial charge in [-0.1, -0.05) is 37.3 Å². The zero-order chi connectivity index (χ0) is 18.1. The standard InChI is InChI=1S/C21H26N2O2/c1-3-14-23(16-18-7-5-4-6-8-18)15-13-21(25)22-20-11-9-19(10-12-20)17(2)24/h4-12H,3,13-16H2,1-2H3,(H,22,25). The fourth-order valence-electron chi connectivity index (χ4n) is 2.70. The number of ketones is 1. The van der Waals surface area contributed by atoms with Gasteiger partial charge in [-0.05, 0) is 49.7 Å². The van der Waals surface area contributed by atoms with E-state index in [9.17, 15) is 9.59 Å². The molecule has 2 aromatic carbocycles. The highest BCUT2D eigenvalue weighted by Gasteiger charge is 2.09. The molecular weight excluding hydrogens is 312 g/mol. The third-order valence-electron chi connectivity index (χ3n) is 4.02. The van der Waals surface area contributed by atoms with Gasteiger partial charge in [0.1, 0.15) is 0 Å². The third kappa shape index (κ3) is 6.51. The van der Waals surface area contributed by atoms with E-state index in [1.54, 1.807) is 24.3 Å². The molecule has 0 aliphatic rings. The first-order chi connectivity index (χ1) is 12.1. The molecule has 1 N–H and O–H groups in total. The smallest absolute Gasteiger partial charge is 0.225 e. The van der Waals surface area contributed by atoms with Crippen LogP contribution in [0.15, 0.2) is 54.6 Å². The molecule has 132 valence electrons. The Hall–Kier alpha value is -2.46. The molecule has 2 rings (SSSR count). The van der Waals surface area contributed by atoms with Crippen LogP contribution in [0.2, 0.25) is 0 Å². The largest absolute Gasteiger partial charge is 0.326 e. The van der Waals surface area contributed by atoms with E-state index in [1.807, 2.05) is 18.2 Å². The number of benzene rings is 2. The van der Waals surface area contributed by atoms with Gasteiger partial charge >= 0.3 is 0 Å². The van der Waals surface area contributed by atoms with E-state index in [1.165, 1.54) is 12.5 Å². The minimum absolute atomic E-state index is 0.00950. The molecule has 1 amide bonds. The number of carbonyl (C=O) groups excluding carboxylic acids is 2. The van der Waals surface area contributed by atoms with E-state index in [4.69, 9.17) is 0 Å². The van der Waals surface area contributed by atoms with Gasteiger partial charge < -0.3 is 5.32 Å². The topological polar surface area (TPSA) is 49.4 Å². The first-order valence-electron chi connectivity index (χ1n) is 8.75. The summed E-state index contributed by atoms with van der Waals surface area (Å²) in [7, 11) is 0. The van der Waals surface area contributed by atoms with Crippen LogP contribution in [-0.4, -0.2) is 29.7 Å². The summed E-state index contributed by atoms with van der Waals surface area (Å²) in [5.41, 5.74) is 2.63. The Balaban J connectivity index is 1.84. The summed E-state index contributed by atoms with van der Waals surface area (Å²) in [6, 6.07) is 17.3. The summed E-state index contributed by atoms with van der Waals surface area (Å²) in [5, 5.41) is 2.89. The Kier molecular flexibility index (Phi) is 7.36. The quantitative estimate of drug-likeness (QED) is 0.699. The number of nitrogens with zero attached hydrogens (tertiary/aromatic N) is 1. The molecule has 0 saturated carbocycles. The van der Waals surface area contributed by atoms with Crippen LogP contribution in [0.3, 0.4) is 0 Å². The minimum atomic E-state index is -0.00950. The van der Waals surface area contributed by atoms with Crippen molar-refractivity contribution >= 4 is 17.4 Å². The summed E-state index contributed by atoms with van der Waals surface area (Å²) in [6.45, 7) is 6.22. The van der Waals surface area contributed by atoms with Crippen molar-refractivity contribution in [2.75, 3.05) is 18.4 Å². The lowest BCUT2D eigenvalue weighted by molar-refractivity contribution is -0.116. The lowest BCUT2D eigenvalue weighted by atomic mass is 10.1. The van der Waals surface area contributed by atoms with Gasteiger partial charge in [0.05, 0.1) is 0 Å². The number of hydrogen-bond donors (Lipinski definition) is 1. The van der Waals surface area contributed by atoms with Crippen LogP contribution in [0, 0.1) is 0 Å². The van der Waals surface area contributed by atoms with Gasteiger partial charge in [-0.2, -0.15) is 0 Å². The Bertz CT molecular complexity index is 681. The molecule has 0 aliphatic carbocycles. The van der Waals surface area contributed by atoms with E-state index in [0.29, 0.717) is 12.0 Å². The summed E-state index contributed by atoms with van der Waals surface area (Å²) in [5.74, 6) is 0.0127. The molecule has 25 heavy (non-hydrogen) atoms. The van der Waals surface area contributed by atoms with E-state index < -0.39 is 0 Å². The van der Waals surface area contributed by atoms with Crippen molar-refractivity contribution in [2.24, 2.45) is 0 Å². The molecule has 0 spiro atoms.